The Morgan fingerprint density at radius 2 is 1.61 bits per heavy atom. The van der Waals surface area contributed by atoms with E-state index in [0.29, 0.717) is 5.92 Å². The van der Waals surface area contributed by atoms with Crippen molar-refractivity contribution in [2.75, 3.05) is 6.61 Å². The Labute approximate surface area is 176 Å². The minimum atomic E-state index is -10.7. The number of halogens is 7. The molecule has 162 valence electrons. The molecule has 0 fully saturated rings. The molecule has 0 radical (unpaired) electrons. The van der Waals surface area contributed by atoms with Gasteiger partial charge in [-0.05, 0) is 48.1 Å². The average molecular weight is 560 g/mol. The van der Waals surface area contributed by atoms with Gasteiger partial charge in [-0.15, -0.1) is 0 Å². The van der Waals surface area contributed by atoms with Gasteiger partial charge in [-0.1, -0.05) is 44.4 Å². The van der Waals surface area contributed by atoms with Gasteiger partial charge in [0, 0.05) is 6.07 Å². The first-order valence-electron chi connectivity index (χ1n) is 8.74. The van der Waals surface area contributed by atoms with Gasteiger partial charge in [0.1, 0.15) is 5.75 Å². The summed E-state index contributed by atoms with van der Waals surface area (Å²) in [6, 6.07) is 13.1. The van der Waals surface area contributed by atoms with Crippen molar-refractivity contribution in [3.8, 4) is 5.75 Å². The normalized spacial score (nSPS) is 15.0. The van der Waals surface area contributed by atoms with Crippen molar-refractivity contribution in [2.24, 2.45) is 5.92 Å². The maximum absolute atomic E-state index is 10.7. The van der Waals surface area contributed by atoms with E-state index < -0.39 is 7.81 Å². The molecule has 0 aliphatic heterocycles. The van der Waals surface area contributed by atoms with Gasteiger partial charge in [0.15, 0.2) is 3.57 Å². The predicted octanol–water partition coefficient (Wildman–Crippen LogP) is 5.85. The number of rotatable bonds is 9. The van der Waals surface area contributed by atoms with Crippen molar-refractivity contribution in [3.63, 3.8) is 0 Å². The van der Waals surface area contributed by atoms with E-state index >= 15 is 0 Å². The van der Waals surface area contributed by atoms with Crippen LogP contribution in [0.15, 0.2) is 41.8 Å². The topological polar surface area (TPSA) is 9.23 Å². The summed E-state index contributed by atoms with van der Waals surface area (Å²) in [6.07, 6.45) is 5.08. The van der Waals surface area contributed by atoms with Crippen molar-refractivity contribution in [2.45, 2.75) is 39.5 Å². The Bertz CT molecular complexity index is 678. The van der Waals surface area contributed by atoms with Crippen LogP contribution in [0, 0.1) is 12.4 Å². The molecular weight excluding hydrogens is 536 g/mol. The summed E-state index contributed by atoms with van der Waals surface area (Å²) < 4.78 is 68.1. The number of thiophene rings is 1. The van der Waals surface area contributed by atoms with Gasteiger partial charge in [0.2, 0.25) is 2.88 Å². The first kappa shape index (κ1) is 25.5. The van der Waals surface area contributed by atoms with Crippen LogP contribution in [-0.4, -0.2) is 6.61 Å². The average Bonchev–Trinajstić information content (AvgIpc) is 3.06. The molecule has 10 heteroatoms. The molecule has 2 rings (SSSR count). The van der Waals surface area contributed by atoms with Crippen molar-refractivity contribution < 1.29 is 51.1 Å². The van der Waals surface area contributed by atoms with E-state index in [9.17, 15) is 25.2 Å². The fourth-order valence-electron chi connectivity index (χ4n) is 2.13. The van der Waals surface area contributed by atoms with Crippen LogP contribution in [0.4, 0.5) is 25.2 Å². The van der Waals surface area contributed by atoms with Crippen LogP contribution in [0.25, 0.3) is 0 Å². The molecule has 0 spiro atoms. The summed E-state index contributed by atoms with van der Waals surface area (Å²) in [4.78, 5) is 0. The standard InChI is InChI=1S/C18H24IOS.F6P/c1-3-5-7-15(4-2)14-20-17-11-9-16(10-12-17)19-18-8-6-13-21-18;1-7(2,3,4,5)6/h6,8-13,15H,3-5,7,14H2,1-2H3;/q+1;-1. The second kappa shape index (κ2) is 9.98. The van der Waals surface area contributed by atoms with E-state index in [-0.39, 0.29) is 21.2 Å². The quantitative estimate of drug-likeness (QED) is 0.213. The van der Waals surface area contributed by atoms with Crippen LogP contribution in [0.1, 0.15) is 39.5 Å². The summed E-state index contributed by atoms with van der Waals surface area (Å²) in [5, 5.41) is 2.16. The molecule has 1 nitrogen and oxygen atoms in total. The third-order valence-electron chi connectivity index (χ3n) is 3.53. The Morgan fingerprint density at radius 1 is 1.00 bits per heavy atom. The van der Waals surface area contributed by atoms with Gasteiger partial charge in [-0.3, -0.25) is 0 Å². The molecule has 2 aromatic rings. The summed E-state index contributed by atoms with van der Waals surface area (Å²) >= 11 is 1.85. The zero-order valence-electron chi connectivity index (χ0n) is 15.6. The molecule has 0 aliphatic carbocycles. The van der Waals surface area contributed by atoms with Gasteiger partial charge >= 0.3 is 54.2 Å². The molecule has 0 saturated heterocycles. The Hall–Kier alpha value is -0.540. The second-order valence-corrected chi connectivity index (χ2v) is 12.7. The zero-order chi connectivity index (χ0) is 21.3. The first-order chi connectivity index (χ1) is 12.8. The predicted molar refractivity (Wildman–Crippen MR) is 101 cm³/mol. The number of hydrogen-bond acceptors (Lipinski definition) is 2. The van der Waals surface area contributed by atoms with E-state index in [1.54, 1.807) is 0 Å². The Balaban J connectivity index is 0.000000480. The van der Waals surface area contributed by atoms with Gasteiger partial charge in [-0.25, -0.2) is 0 Å². The SMILES string of the molecule is CCCCC(CC)COc1ccc([I+]c2cccs2)cc1.F[P-](F)(F)(F)(F)F. The van der Waals surface area contributed by atoms with Crippen molar-refractivity contribution in [1.82, 2.24) is 0 Å². The van der Waals surface area contributed by atoms with E-state index in [1.807, 2.05) is 11.3 Å². The third kappa shape index (κ3) is 15.4. The molecule has 28 heavy (non-hydrogen) atoms. The molecule has 1 atom stereocenters. The summed E-state index contributed by atoms with van der Waals surface area (Å²) in [5.74, 6) is 1.71. The molecule has 0 amide bonds. The molecule has 1 aromatic heterocycles. The van der Waals surface area contributed by atoms with Gasteiger partial charge < -0.3 is 4.74 Å². The first-order valence-corrected chi connectivity index (χ1v) is 13.8. The van der Waals surface area contributed by atoms with Crippen molar-refractivity contribution >= 4 is 19.1 Å². The van der Waals surface area contributed by atoms with Gasteiger partial charge in [0.25, 0.3) is 0 Å². The Morgan fingerprint density at radius 3 is 2.07 bits per heavy atom. The molecule has 0 aliphatic rings. The van der Waals surface area contributed by atoms with Crippen LogP contribution < -0.4 is 25.9 Å². The van der Waals surface area contributed by atoms with Crippen LogP contribution in [0.5, 0.6) is 5.75 Å². The molecule has 1 unspecified atom stereocenters. The molecule has 1 aromatic carbocycles. The molecular formula is C18H24F6IOPS. The molecule has 0 bridgehead atoms. The van der Waals surface area contributed by atoms with E-state index in [4.69, 9.17) is 4.74 Å². The number of hydrogen-bond donors (Lipinski definition) is 0. The molecule has 0 saturated carbocycles. The monoisotopic (exact) mass is 560 g/mol. The van der Waals surface area contributed by atoms with E-state index in [1.165, 1.54) is 32.1 Å². The van der Waals surface area contributed by atoms with Crippen LogP contribution in [0.2, 0.25) is 0 Å². The van der Waals surface area contributed by atoms with Crippen molar-refractivity contribution in [1.29, 1.82) is 0 Å². The number of ether oxygens (including phenoxy) is 1. The minimum absolute atomic E-state index is 0.0177. The fourth-order valence-corrected chi connectivity index (χ4v) is 5.75. The summed E-state index contributed by atoms with van der Waals surface area (Å²) in [7, 11) is -10.7. The van der Waals surface area contributed by atoms with Crippen LogP contribution >= 0.6 is 19.1 Å². The van der Waals surface area contributed by atoms with Gasteiger partial charge in [0.05, 0.1) is 6.61 Å². The van der Waals surface area contributed by atoms with Crippen molar-refractivity contribution in [3.05, 3.63) is 48.2 Å². The van der Waals surface area contributed by atoms with E-state index in [2.05, 4.69) is 55.6 Å². The molecule has 0 N–H and O–H groups in total. The van der Waals surface area contributed by atoms with E-state index in [0.717, 1.165) is 12.4 Å². The third-order valence-corrected chi connectivity index (χ3v) is 7.70. The summed E-state index contributed by atoms with van der Waals surface area (Å²) in [6.45, 7) is 5.37. The summed E-state index contributed by atoms with van der Waals surface area (Å²) in [5.41, 5.74) is 0. The van der Waals surface area contributed by atoms with Crippen LogP contribution in [-0.2, 0) is 0 Å². The zero-order valence-corrected chi connectivity index (χ0v) is 19.4. The van der Waals surface area contributed by atoms with Gasteiger partial charge in [-0.2, -0.15) is 0 Å². The molecule has 1 heterocycles. The second-order valence-electron chi connectivity index (χ2n) is 6.15. The number of benzene rings is 1. The maximum atomic E-state index is 9.87. The fraction of sp³-hybridized carbons (Fsp3) is 0.444. The number of unbranched alkanes of at least 4 members (excludes halogenated alkanes) is 1. The Kier molecular flexibility index (Phi) is 9.09. The van der Waals surface area contributed by atoms with Crippen LogP contribution in [0.3, 0.4) is 0 Å².